The summed E-state index contributed by atoms with van der Waals surface area (Å²) >= 11 is 0. The number of nitrogens with one attached hydrogen (secondary N) is 2. The molecule has 1 aromatic rings. The van der Waals surface area contributed by atoms with E-state index in [0.29, 0.717) is 6.54 Å². The summed E-state index contributed by atoms with van der Waals surface area (Å²) in [6, 6.07) is 8.41. The van der Waals surface area contributed by atoms with E-state index in [1.54, 1.807) is 14.2 Å². The molecule has 0 amide bonds. The second kappa shape index (κ2) is 12.3. The molecule has 0 aliphatic heterocycles. The number of likely N-dealkylation sites (N-methyl/N-ethyl adjacent to an activating group) is 1. The Kier molecular flexibility index (Phi) is 11.8. The highest BCUT2D eigenvalue weighted by molar-refractivity contribution is 14.0. The Morgan fingerprint density at radius 2 is 1.77 bits per heavy atom. The van der Waals surface area contributed by atoms with Crippen molar-refractivity contribution in [3.8, 4) is 5.75 Å². The van der Waals surface area contributed by atoms with Crippen LogP contribution in [0.15, 0.2) is 29.3 Å². The summed E-state index contributed by atoms with van der Waals surface area (Å²) in [6.45, 7) is 8.27. The number of aliphatic imine (C=N–C) groups is 1. The molecule has 0 aliphatic rings. The zero-order valence-corrected chi connectivity index (χ0v) is 19.5. The monoisotopic (exact) mass is 478 g/mol. The predicted octanol–water partition coefficient (Wildman–Crippen LogP) is 2.90. The van der Waals surface area contributed by atoms with Crippen molar-refractivity contribution >= 4 is 29.9 Å². The van der Waals surface area contributed by atoms with Crippen molar-refractivity contribution in [2.45, 2.75) is 32.4 Å². The van der Waals surface area contributed by atoms with Crippen molar-refractivity contribution in [1.82, 2.24) is 15.5 Å². The summed E-state index contributed by atoms with van der Waals surface area (Å²) in [5.41, 5.74) is 0.950. The van der Waals surface area contributed by atoms with Gasteiger partial charge in [-0.1, -0.05) is 12.1 Å². The highest BCUT2D eigenvalue weighted by Gasteiger charge is 2.17. The Labute approximate surface area is 175 Å². The van der Waals surface area contributed by atoms with Gasteiger partial charge in [0.1, 0.15) is 5.75 Å². The van der Waals surface area contributed by atoms with E-state index in [0.717, 1.165) is 24.8 Å². The van der Waals surface area contributed by atoms with Crippen LogP contribution < -0.4 is 15.4 Å². The van der Waals surface area contributed by atoms with E-state index in [1.165, 1.54) is 5.56 Å². The third-order valence-corrected chi connectivity index (χ3v) is 4.10. The van der Waals surface area contributed by atoms with Crippen LogP contribution in [0.25, 0.3) is 0 Å². The van der Waals surface area contributed by atoms with Crippen LogP contribution in [-0.4, -0.2) is 64.4 Å². The highest BCUT2D eigenvalue weighted by atomic mass is 127. The first-order valence-corrected chi connectivity index (χ1v) is 8.70. The maximum atomic E-state index is 5.44. The first-order valence-electron chi connectivity index (χ1n) is 8.70. The van der Waals surface area contributed by atoms with Crippen LogP contribution in [0.3, 0.4) is 0 Å². The Bertz CT molecular complexity index is 533. The molecule has 26 heavy (non-hydrogen) atoms. The lowest BCUT2D eigenvalue weighted by Crippen LogP contribution is -2.42. The lowest BCUT2D eigenvalue weighted by molar-refractivity contribution is 0.0310. The molecule has 2 N–H and O–H groups in total. The fourth-order valence-corrected chi connectivity index (χ4v) is 2.29. The van der Waals surface area contributed by atoms with Crippen LogP contribution in [0, 0.1) is 0 Å². The average molecular weight is 478 g/mol. The van der Waals surface area contributed by atoms with Crippen LogP contribution in [0.2, 0.25) is 0 Å². The molecule has 0 heterocycles. The number of halogens is 1. The van der Waals surface area contributed by atoms with Gasteiger partial charge in [0.05, 0.1) is 25.3 Å². The van der Waals surface area contributed by atoms with E-state index in [4.69, 9.17) is 9.47 Å². The Hall–Kier alpha value is -1.06. The minimum absolute atomic E-state index is 0. The van der Waals surface area contributed by atoms with Crippen molar-refractivity contribution in [3.63, 3.8) is 0 Å². The molecule has 0 aliphatic carbocycles. The molecule has 6 nitrogen and oxygen atoms in total. The fraction of sp³-hybridized carbons (Fsp3) is 0.632. The molecular formula is C19H35IN4O2. The van der Waals surface area contributed by atoms with Crippen molar-refractivity contribution in [3.05, 3.63) is 29.8 Å². The van der Waals surface area contributed by atoms with Crippen LogP contribution in [0.5, 0.6) is 5.75 Å². The van der Waals surface area contributed by atoms with E-state index >= 15 is 0 Å². The van der Waals surface area contributed by atoms with E-state index < -0.39 is 0 Å². The van der Waals surface area contributed by atoms with Gasteiger partial charge in [-0.05, 0) is 52.6 Å². The first-order chi connectivity index (χ1) is 11.8. The molecular weight excluding hydrogens is 443 g/mol. The van der Waals surface area contributed by atoms with Gasteiger partial charge in [0.2, 0.25) is 0 Å². The molecule has 7 heteroatoms. The average Bonchev–Trinajstić information content (AvgIpc) is 2.60. The second-order valence-electron chi connectivity index (χ2n) is 6.79. The van der Waals surface area contributed by atoms with Crippen molar-refractivity contribution in [1.29, 1.82) is 0 Å². The number of rotatable bonds is 9. The molecule has 150 valence electrons. The smallest absolute Gasteiger partial charge is 0.191 e. The number of hydrogen-bond donors (Lipinski definition) is 2. The summed E-state index contributed by atoms with van der Waals surface area (Å²) in [5, 5.41) is 6.72. The van der Waals surface area contributed by atoms with E-state index in [2.05, 4.69) is 53.7 Å². The second-order valence-corrected chi connectivity index (χ2v) is 6.79. The lowest BCUT2D eigenvalue weighted by Gasteiger charge is -2.27. The standard InChI is InChI=1S/C19H34N4O2.HI/c1-8-20-18(22-14-19(2,3)25-7)21-13-17(23(4)5)15-9-11-16(24-6)12-10-15;/h9-12,17H,8,13-14H2,1-7H3,(H2,20,21,22);1H. The predicted molar refractivity (Wildman–Crippen MR) is 120 cm³/mol. The summed E-state index contributed by atoms with van der Waals surface area (Å²) in [5.74, 6) is 1.67. The molecule has 1 atom stereocenters. The van der Waals surface area contributed by atoms with E-state index in [9.17, 15) is 0 Å². The van der Waals surface area contributed by atoms with E-state index in [-0.39, 0.29) is 35.6 Å². The normalized spacial score (nSPS) is 13.2. The number of methoxy groups -OCH3 is 2. The van der Waals surface area contributed by atoms with Gasteiger partial charge in [-0.15, -0.1) is 24.0 Å². The molecule has 0 spiro atoms. The minimum Gasteiger partial charge on any atom is -0.497 e. The molecule has 0 bridgehead atoms. The maximum Gasteiger partial charge on any atom is 0.191 e. The summed E-state index contributed by atoms with van der Waals surface area (Å²) in [7, 11) is 7.55. The number of benzene rings is 1. The molecule has 0 fully saturated rings. The Morgan fingerprint density at radius 3 is 2.23 bits per heavy atom. The van der Waals surface area contributed by atoms with Crippen LogP contribution >= 0.6 is 24.0 Å². The minimum atomic E-state index is -0.278. The molecule has 0 saturated carbocycles. The number of nitrogens with zero attached hydrogens (tertiary/aromatic N) is 2. The van der Waals surface area contributed by atoms with Gasteiger partial charge in [0, 0.05) is 20.2 Å². The molecule has 0 radical (unpaired) electrons. The van der Waals surface area contributed by atoms with Gasteiger partial charge in [0.25, 0.3) is 0 Å². The van der Waals surface area contributed by atoms with Crippen molar-refractivity contribution in [2.24, 2.45) is 4.99 Å². The van der Waals surface area contributed by atoms with Crippen molar-refractivity contribution < 1.29 is 9.47 Å². The topological polar surface area (TPSA) is 58.1 Å². The fourth-order valence-electron chi connectivity index (χ4n) is 2.29. The quantitative estimate of drug-likeness (QED) is 0.325. The third kappa shape index (κ3) is 8.55. The van der Waals surface area contributed by atoms with Crippen LogP contribution in [-0.2, 0) is 4.74 Å². The van der Waals surface area contributed by atoms with Crippen molar-refractivity contribution in [2.75, 3.05) is 47.9 Å². The largest absolute Gasteiger partial charge is 0.497 e. The van der Waals surface area contributed by atoms with Gasteiger partial charge in [-0.25, -0.2) is 0 Å². The first kappa shape index (κ1) is 24.9. The van der Waals surface area contributed by atoms with Gasteiger partial charge < -0.3 is 25.0 Å². The zero-order chi connectivity index (χ0) is 18.9. The molecule has 0 aromatic heterocycles. The van der Waals surface area contributed by atoms with Gasteiger partial charge in [0.15, 0.2) is 5.96 Å². The van der Waals surface area contributed by atoms with Gasteiger partial charge in [-0.3, -0.25) is 4.99 Å². The summed E-state index contributed by atoms with van der Waals surface area (Å²) in [4.78, 5) is 6.83. The Morgan fingerprint density at radius 1 is 1.15 bits per heavy atom. The molecule has 1 aromatic carbocycles. The summed E-state index contributed by atoms with van der Waals surface area (Å²) < 4.78 is 10.7. The molecule has 0 saturated heterocycles. The zero-order valence-electron chi connectivity index (χ0n) is 17.1. The molecule has 1 rings (SSSR count). The third-order valence-electron chi connectivity index (χ3n) is 4.10. The SMILES string of the molecule is CCNC(=NCC(C)(C)OC)NCC(c1ccc(OC)cc1)N(C)C.I. The van der Waals surface area contributed by atoms with Crippen LogP contribution in [0.1, 0.15) is 32.4 Å². The molecule has 1 unspecified atom stereocenters. The highest BCUT2D eigenvalue weighted by Crippen LogP contribution is 2.20. The maximum absolute atomic E-state index is 5.44. The number of ether oxygens (including phenoxy) is 2. The lowest BCUT2D eigenvalue weighted by atomic mass is 10.1. The van der Waals surface area contributed by atoms with Gasteiger partial charge in [-0.2, -0.15) is 0 Å². The Balaban J connectivity index is 0.00000625. The summed E-state index contributed by atoms with van der Waals surface area (Å²) in [6.07, 6.45) is 0. The number of guanidine groups is 1. The van der Waals surface area contributed by atoms with Crippen LogP contribution in [0.4, 0.5) is 0 Å². The van der Waals surface area contributed by atoms with E-state index in [1.807, 2.05) is 26.0 Å². The van der Waals surface area contributed by atoms with Gasteiger partial charge >= 0.3 is 0 Å². The number of hydrogen-bond acceptors (Lipinski definition) is 4.